The van der Waals surface area contributed by atoms with E-state index in [2.05, 4.69) is 0 Å². The van der Waals surface area contributed by atoms with Crippen LogP contribution in [0.4, 0.5) is 0 Å². The molecule has 0 amide bonds. The Morgan fingerprint density at radius 2 is 1.89 bits per heavy atom. The number of rotatable bonds is 5. The summed E-state index contributed by atoms with van der Waals surface area (Å²) >= 11 is 1.70. The fraction of sp³-hybridized carbons (Fsp3) is 1.00. The van der Waals surface area contributed by atoms with Crippen LogP contribution in [0.2, 0.25) is 0 Å². The minimum atomic E-state index is -0.0585. The van der Waals surface area contributed by atoms with Gasteiger partial charge in [-0.05, 0) is 6.26 Å². The molecule has 0 aliphatic heterocycles. The number of thioether (sulfide) groups is 1. The van der Waals surface area contributed by atoms with Gasteiger partial charge in [-0.2, -0.15) is 11.8 Å². The Kier molecular flexibility index (Phi) is 6.51. The molecule has 0 fully saturated rings. The predicted octanol–water partition coefficient (Wildman–Crippen LogP) is -0.449. The lowest BCUT2D eigenvalue weighted by Crippen LogP contribution is -2.27. The molecule has 0 atom stereocenters. The second-order valence-corrected chi connectivity index (χ2v) is 2.66. The van der Waals surface area contributed by atoms with Gasteiger partial charge in [-0.1, -0.05) is 0 Å². The van der Waals surface area contributed by atoms with Crippen molar-refractivity contribution in [3.63, 3.8) is 0 Å². The standard InChI is InChI=1S/C5H13NO2S/c1-9-3-2-6(4-7)5-8/h7-8H,2-5H2,1H3. The third-order valence-electron chi connectivity index (χ3n) is 1.01. The zero-order chi connectivity index (χ0) is 7.11. The molecular formula is C5H13NO2S. The minimum Gasteiger partial charge on any atom is -0.381 e. The van der Waals surface area contributed by atoms with E-state index < -0.39 is 0 Å². The maximum atomic E-state index is 8.51. The van der Waals surface area contributed by atoms with E-state index in [1.807, 2.05) is 6.26 Å². The highest BCUT2D eigenvalue weighted by Gasteiger charge is 1.97. The Hall–Kier alpha value is 0.230. The van der Waals surface area contributed by atoms with Crippen LogP contribution in [0.1, 0.15) is 0 Å². The third-order valence-corrected chi connectivity index (χ3v) is 1.60. The normalized spacial score (nSPS) is 10.7. The highest BCUT2D eigenvalue weighted by atomic mass is 32.2. The molecule has 0 saturated carbocycles. The maximum absolute atomic E-state index is 8.51. The quantitative estimate of drug-likeness (QED) is 0.522. The molecular weight excluding hydrogens is 138 g/mol. The summed E-state index contributed by atoms with van der Waals surface area (Å²) in [4.78, 5) is 1.55. The lowest BCUT2D eigenvalue weighted by molar-refractivity contribution is 0.0349. The fourth-order valence-electron chi connectivity index (χ4n) is 0.407. The summed E-state index contributed by atoms with van der Waals surface area (Å²) in [5.74, 6) is 0.946. The molecule has 0 aromatic carbocycles. The molecule has 0 saturated heterocycles. The topological polar surface area (TPSA) is 43.7 Å². The highest BCUT2D eigenvalue weighted by Crippen LogP contribution is 1.92. The van der Waals surface area contributed by atoms with Gasteiger partial charge in [0.25, 0.3) is 0 Å². The lowest BCUT2D eigenvalue weighted by atomic mass is 10.6. The van der Waals surface area contributed by atoms with Gasteiger partial charge in [-0.25, -0.2) is 0 Å². The first kappa shape index (κ1) is 9.23. The van der Waals surface area contributed by atoms with Crippen LogP contribution in [0.25, 0.3) is 0 Å². The number of hydrogen-bond acceptors (Lipinski definition) is 4. The second-order valence-electron chi connectivity index (χ2n) is 1.67. The van der Waals surface area contributed by atoms with Gasteiger partial charge in [0.2, 0.25) is 0 Å². The van der Waals surface area contributed by atoms with Crippen molar-refractivity contribution in [2.45, 2.75) is 0 Å². The van der Waals surface area contributed by atoms with E-state index in [0.29, 0.717) is 0 Å². The summed E-state index contributed by atoms with van der Waals surface area (Å²) < 4.78 is 0. The van der Waals surface area contributed by atoms with Gasteiger partial charge in [0, 0.05) is 12.3 Å². The lowest BCUT2D eigenvalue weighted by Gasteiger charge is -2.14. The molecule has 2 N–H and O–H groups in total. The van der Waals surface area contributed by atoms with Gasteiger partial charge in [-0.15, -0.1) is 0 Å². The number of nitrogens with zero attached hydrogens (tertiary/aromatic N) is 1. The van der Waals surface area contributed by atoms with Gasteiger partial charge in [0.1, 0.15) is 0 Å². The van der Waals surface area contributed by atoms with Crippen molar-refractivity contribution in [1.29, 1.82) is 0 Å². The van der Waals surface area contributed by atoms with Crippen LogP contribution in [-0.2, 0) is 0 Å². The van der Waals surface area contributed by atoms with Gasteiger partial charge >= 0.3 is 0 Å². The Morgan fingerprint density at radius 1 is 1.33 bits per heavy atom. The van der Waals surface area contributed by atoms with Crippen LogP contribution in [0.15, 0.2) is 0 Å². The number of aliphatic hydroxyl groups is 2. The predicted molar refractivity (Wildman–Crippen MR) is 39.3 cm³/mol. The van der Waals surface area contributed by atoms with Crippen LogP contribution in [0.3, 0.4) is 0 Å². The van der Waals surface area contributed by atoms with Crippen LogP contribution in [0, 0.1) is 0 Å². The van der Waals surface area contributed by atoms with E-state index in [1.165, 1.54) is 0 Å². The van der Waals surface area contributed by atoms with Gasteiger partial charge in [-0.3, -0.25) is 4.90 Å². The SMILES string of the molecule is CSCCN(CO)CO. The first-order valence-corrected chi connectivity index (χ1v) is 4.17. The van der Waals surface area contributed by atoms with Gasteiger partial charge < -0.3 is 10.2 Å². The van der Waals surface area contributed by atoms with E-state index in [-0.39, 0.29) is 13.5 Å². The van der Waals surface area contributed by atoms with Crippen molar-refractivity contribution in [1.82, 2.24) is 4.90 Å². The zero-order valence-corrected chi connectivity index (χ0v) is 6.39. The van der Waals surface area contributed by atoms with Crippen LogP contribution >= 0.6 is 11.8 Å². The van der Waals surface area contributed by atoms with Crippen LogP contribution in [0.5, 0.6) is 0 Å². The molecule has 56 valence electrons. The first-order valence-electron chi connectivity index (χ1n) is 2.78. The monoisotopic (exact) mass is 151 g/mol. The molecule has 0 bridgehead atoms. The molecule has 0 unspecified atom stereocenters. The molecule has 9 heavy (non-hydrogen) atoms. The van der Waals surface area contributed by atoms with Crippen molar-refractivity contribution in [2.75, 3.05) is 32.0 Å². The largest absolute Gasteiger partial charge is 0.381 e. The Labute approximate surface area is 59.7 Å². The summed E-state index contributed by atoms with van der Waals surface area (Å²) in [5, 5.41) is 17.0. The molecule has 0 spiro atoms. The first-order chi connectivity index (χ1) is 4.35. The Bertz CT molecular complexity index is 58.9. The third kappa shape index (κ3) is 4.72. The zero-order valence-electron chi connectivity index (χ0n) is 5.58. The average molecular weight is 151 g/mol. The van der Waals surface area contributed by atoms with E-state index >= 15 is 0 Å². The van der Waals surface area contributed by atoms with E-state index in [0.717, 1.165) is 12.3 Å². The highest BCUT2D eigenvalue weighted by molar-refractivity contribution is 7.98. The van der Waals surface area contributed by atoms with Crippen molar-refractivity contribution in [2.24, 2.45) is 0 Å². The molecule has 0 heterocycles. The summed E-state index contributed by atoms with van der Waals surface area (Å²) in [6, 6.07) is 0. The van der Waals surface area contributed by atoms with Gasteiger partial charge in [0.15, 0.2) is 0 Å². The smallest absolute Gasteiger partial charge is 0.0974 e. The molecule has 0 aliphatic rings. The number of hydrogen-bond donors (Lipinski definition) is 2. The fourth-order valence-corrected chi connectivity index (χ4v) is 0.847. The van der Waals surface area contributed by atoms with Crippen LogP contribution in [-0.4, -0.2) is 47.1 Å². The Balaban J connectivity index is 3.09. The van der Waals surface area contributed by atoms with Gasteiger partial charge in [0.05, 0.1) is 13.5 Å². The van der Waals surface area contributed by atoms with Crippen molar-refractivity contribution in [3.05, 3.63) is 0 Å². The molecule has 0 rings (SSSR count). The summed E-state index contributed by atoms with van der Waals surface area (Å²) in [6.07, 6.45) is 1.99. The molecule has 0 aliphatic carbocycles. The van der Waals surface area contributed by atoms with Crippen molar-refractivity contribution in [3.8, 4) is 0 Å². The average Bonchev–Trinajstić information content (AvgIpc) is 1.91. The van der Waals surface area contributed by atoms with E-state index in [9.17, 15) is 0 Å². The molecule has 0 radical (unpaired) electrons. The molecule has 0 aromatic heterocycles. The minimum absolute atomic E-state index is 0.0585. The van der Waals surface area contributed by atoms with E-state index in [4.69, 9.17) is 10.2 Å². The van der Waals surface area contributed by atoms with E-state index in [1.54, 1.807) is 16.7 Å². The molecule has 0 aromatic rings. The maximum Gasteiger partial charge on any atom is 0.0974 e. The van der Waals surface area contributed by atoms with Crippen molar-refractivity contribution < 1.29 is 10.2 Å². The second kappa shape index (κ2) is 6.35. The molecule has 3 nitrogen and oxygen atoms in total. The van der Waals surface area contributed by atoms with Crippen LogP contribution < -0.4 is 0 Å². The Morgan fingerprint density at radius 3 is 2.22 bits per heavy atom. The van der Waals surface area contributed by atoms with Crippen molar-refractivity contribution >= 4 is 11.8 Å². The summed E-state index contributed by atoms with van der Waals surface area (Å²) in [5.41, 5.74) is 0. The molecule has 4 heteroatoms. The number of aliphatic hydroxyl groups excluding tert-OH is 2. The summed E-state index contributed by atoms with van der Waals surface area (Å²) in [6.45, 7) is 0.627. The summed E-state index contributed by atoms with van der Waals surface area (Å²) in [7, 11) is 0.